The normalized spacial score (nSPS) is 12.8. The lowest BCUT2D eigenvalue weighted by Gasteiger charge is -2.13. The fourth-order valence-corrected chi connectivity index (χ4v) is 3.11. The van der Waals surface area contributed by atoms with Crippen molar-refractivity contribution in [2.75, 3.05) is 5.73 Å². The van der Waals surface area contributed by atoms with E-state index in [1.165, 1.54) is 24.5 Å². The van der Waals surface area contributed by atoms with Gasteiger partial charge in [-0.15, -0.1) is 0 Å². The molecule has 20 heavy (non-hydrogen) atoms. The van der Waals surface area contributed by atoms with Crippen molar-refractivity contribution >= 4 is 15.7 Å². The molecule has 104 valence electrons. The first-order valence-corrected chi connectivity index (χ1v) is 7.27. The summed E-state index contributed by atoms with van der Waals surface area (Å²) in [7, 11) is -3.83. The molecular weight excluding hydrogens is 278 g/mol. The predicted octanol–water partition coefficient (Wildman–Crippen LogP) is 1.77. The van der Waals surface area contributed by atoms with Gasteiger partial charge in [0.25, 0.3) is 0 Å². The minimum absolute atomic E-state index is 0.00384. The van der Waals surface area contributed by atoms with Crippen LogP contribution in [0, 0.1) is 11.3 Å². The van der Waals surface area contributed by atoms with E-state index in [0.717, 1.165) is 0 Å². The zero-order valence-corrected chi connectivity index (χ0v) is 11.5. The number of anilines is 1. The van der Waals surface area contributed by atoms with Gasteiger partial charge in [0.15, 0.2) is 0 Å². The molecule has 1 aromatic carbocycles. The van der Waals surface area contributed by atoms with Gasteiger partial charge >= 0.3 is 0 Å². The fraction of sp³-hybridized carbons (Fsp3) is 0.154. The molecule has 2 rings (SSSR count). The molecule has 0 radical (unpaired) electrons. The Morgan fingerprint density at radius 2 is 2.15 bits per heavy atom. The molecule has 0 fully saturated rings. The first-order chi connectivity index (χ1) is 9.44. The lowest BCUT2D eigenvalue weighted by atomic mass is 10.2. The summed E-state index contributed by atoms with van der Waals surface area (Å²) >= 11 is 0. The third kappa shape index (κ3) is 2.82. The molecule has 0 saturated carbocycles. The number of nitrogen functional groups attached to an aromatic ring is 1. The molecule has 1 heterocycles. The maximum atomic E-state index is 12.3. The van der Waals surface area contributed by atoms with Crippen LogP contribution in [0.5, 0.6) is 0 Å². The number of benzene rings is 1. The van der Waals surface area contributed by atoms with Crippen molar-refractivity contribution < 1.29 is 12.8 Å². The van der Waals surface area contributed by atoms with Crippen LogP contribution >= 0.6 is 0 Å². The van der Waals surface area contributed by atoms with Crippen molar-refractivity contribution in [3.63, 3.8) is 0 Å². The smallest absolute Gasteiger partial charge is 0.242 e. The van der Waals surface area contributed by atoms with Crippen LogP contribution in [0.25, 0.3) is 0 Å². The Labute approximate surface area is 116 Å². The average molecular weight is 291 g/mol. The molecule has 0 amide bonds. The van der Waals surface area contributed by atoms with Crippen molar-refractivity contribution in [1.29, 1.82) is 5.26 Å². The first-order valence-electron chi connectivity index (χ1n) is 5.79. The topological polar surface area (TPSA) is 109 Å². The van der Waals surface area contributed by atoms with Crippen molar-refractivity contribution in [3.8, 4) is 6.07 Å². The summed E-state index contributed by atoms with van der Waals surface area (Å²) in [4.78, 5) is -0.104. The van der Waals surface area contributed by atoms with E-state index in [-0.39, 0.29) is 10.5 Å². The van der Waals surface area contributed by atoms with Crippen LogP contribution in [0.15, 0.2) is 45.9 Å². The molecule has 0 saturated heterocycles. The Balaban J connectivity index is 2.34. The van der Waals surface area contributed by atoms with E-state index in [9.17, 15) is 8.42 Å². The van der Waals surface area contributed by atoms with Crippen LogP contribution in [0.1, 0.15) is 24.3 Å². The summed E-state index contributed by atoms with van der Waals surface area (Å²) in [5, 5.41) is 9.01. The molecule has 1 aromatic heterocycles. The van der Waals surface area contributed by atoms with E-state index < -0.39 is 16.1 Å². The number of hydrogen-bond acceptors (Lipinski definition) is 5. The molecule has 0 aliphatic heterocycles. The fourth-order valence-electron chi connectivity index (χ4n) is 1.76. The Morgan fingerprint density at radius 3 is 2.75 bits per heavy atom. The summed E-state index contributed by atoms with van der Waals surface area (Å²) < 4.78 is 32.2. The van der Waals surface area contributed by atoms with E-state index in [4.69, 9.17) is 15.4 Å². The van der Waals surface area contributed by atoms with E-state index in [0.29, 0.717) is 11.4 Å². The van der Waals surface area contributed by atoms with Crippen LogP contribution in [-0.4, -0.2) is 8.42 Å². The van der Waals surface area contributed by atoms with Crippen LogP contribution in [0.4, 0.5) is 5.69 Å². The Hall–Kier alpha value is -2.30. The molecule has 0 spiro atoms. The van der Waals surface area contributed by atoms with Crippen LogP contribution in [0.3, 0.4) is 0 Å². The lowest BCUT2D eigenvalue weighted by Crippen LogP contribution is -2.27. The van der Waals surface area contributed by atoms with Crippen LogP contribution in [-0.2, 0) is 10.0 Å². The third-order valence-electron chi connectivity index (χ3n) is 2.72. The Morgan fingerprint density at radius 1 is 1.40 bits per heavy atom. The van der Waals surface area contributed by atoms with Gasteiger partial charge in [-0.25, -0.2) is 13.1 Å². The van der Waals surface area contributed by atoms with Crippen molar-refractivity contribution in [2.24, 2.45) is 0 Å². The second-order valence-corrected chi connectivity index (χ2v) is 5.91. The van der Waals surface area contributed by atoms with Crippen molar-refractivity contribution in [3.05, 3.63) is 47.9 Å². The number of nitrogens with two attached hydrogens (primary N) is 1. The van der Waals surface area contributed by atoms with E-state index in [1.54, 1.807) is 19.1 Å². The molecule has 3 N–H and O–H groups in total. The summed E-state index contributed by atoms with van der Waals surface area (Å²) in [5.41, 5.74) is 5.88. The standard InChI is InChI=1S/C13H13N3O3S/c1-9(12-3-2-6-19-12)16-20(17,18)13-5-4-11(15)7-10(13)8-14/h2-7,9,16H,15H2,1H3. The van der Waals surface area contributed by atoms with Gasteiger partial charge in [0.05, 0.1) is 22.8 Å². The Kier molecular flexibility index (Phi) is 3.79. The summed E-state index contributed by atoms with van der Waals surface area (Å²) in [6.45, 7) is 1.65. The summed E-state index contributed by atoms with van der Waals surface area (Å²) in [5.74, 6) is 0.488. The maximum Gasteiger partial charge on any atom is 0.242 e. The quantitative estimate of drug-likeness (QED) is 0.834. The highest BCUT2D eigenvalue weighted by Gasteiger charge is 2.22. The molecular formula is C13H13N3O3S. The van der Waals surface area contributed by atoms with Gasteiger partial charge < -0.3 is 10.2 Å². The first kappa shape index (κ1) is 14.1. The van der Waals surface area contributed by atoms with E-state index in [2.05, 4.69) is 4.72 Å². The van der Waals surface area contributed by atoms with Crippen molar-refractivity contribution in [1.82, 2.24) is 4.72 Å². The molecule has 1 unspecified atom stereocenters. The van der Waals surface area contributed by atoms with Gasteiger partial charge in [-0.2, -0.15) is 5.26 Å². The predicted molar refractivity (Wildman–Crippen MR) is 73.0 cm³/mol. The number of nitrogens with one attached hydrogen (secondary N) is 1. The average Bonchev–Trinajstić information content (AvgIpc) is 2.91. The summed E-state index contributed by atoms with van der Waals surface area (Å²) in [6, 6.07) is 8.70. The monoisotopic (exact) mass is 291 g/mol. The molecule has 2 aromatic rings. The Bertz CT molecular complexity index is 746. The van der Waals surface area contributed by atoms with Gasteiger partial charge in [0, 0.05) is 5.69 Å². The molecule has 6 nitrogen and oxygen atoms in total. The lowest BCUT2D eigenvalue weighted by molar-refractivity contribution is 0.459. The number of furan rings is 1. The van der Waals surface area contributed by atoms with Gasteiger partial charge in [-0.3, -0.25) is 0 Å². The van der Waals surface area contributed by atoms with Crippen LogP contribution in [0.2, 0.25) is 0 Å². The highest BCUT2D eigenvalue weighted by molar-refractivity contribution is 7.89. The molecule has 7 heteroatoms. The highest BCUT2D eigenvalue weighted by atomic mass is 32.2. The van der Waals surface area contributed by atoms with Crippen LogP contribution < -0.4 is 10.5 Å². The number of hydrogen-bond donors (Lipinski definition) is 2. The van der Waals surface area contributed by atoms with Gasteiger partial charge in [0.1, 0.15) is 11.8 Å². The van der Waals surface area contributed by atoms with Gasteiger partial charge in [-0.1, -0.05) is 0 Å². The number of nitrogens with zero attached hydrogens (tertiary/aromatic N) is 1. The maximum absolute atomic E-state index is 12.3. The minimum atomic E-state index is -3.83. The SMILES string of the molecule is CC(NS(=O)(=O)c1ccc(N)cc1C#N)c1ccco1. The highest BCUT2D eigenvalue weighted by Crippen LogP contribution is 2.21. The molecule has 0 bridgehead atoms. The van der Waals surface area contributed by atoms with Crippen molar-refractivity contribution in [2.45, 2.75) is 17.9 Å². The molecule has 0 aliphatic carbocycles. The molecule has 0 aliphatic rings. The van der Waals surface area contributed by atoms with E-state index in [1.807, 2.05) is 6.07 Å². The van der Waals surface area contributed by atoms with Gasteiger partial charge in [-0.05, 0) is 37.3 Å². The largest absolute Gasteiger partial charge is 0.468 e. The third-order valence-corrected chi connectivity index (χ3v) is 4.31. The molecule has 1 atom stereocenters. The number of rotatable bonds is 4. The second-order valence-electron chi connectivity index (χ2n) is 4.23. The zero-order valence-electron chi connectivity index (χ0n) is 10.7. The van der Waals surface area contributed by atoms with Gasteiger partial charge in [0.2, 0.25) is 10.0 Å². The zero-order chi connectivity index (χ0) is 14.8. The second kappa shape index (κ2) is 5.36. The van der Waals surface area contributed by atoms with E-state index >= 15 is 0 Å². The number of sulfonamides is 1. The number of nitriles is 1. The summed E-state index contributed by atoms with van der Waals surface area (Å²) in [6.07, 6.45) is 1.46. The minimum Gasteiger partial charge on any atom is -0.468 e.